The second-order valence-corrected chi connectivity index (χ2v) is 4.68. The summed E-state index contributed by atoms with van der Waals surface area (Å²) in [6, 6.07) is 1.03. The Kier molecular flexibility index (Phi) is 2.30. The molecule has 1 aromatic heterocycles. The predicted octanol–water partition coefficient (Wildman–Crippen LogP) is 2.31. The number of fused-ring (bicyclic) bond motifs is 2. The van der Waals surface area contributed by atoms with Gasteiger partial charge in [0, 0.05) is 12.1 Å². The third kappa shape index (κ3) is 1.32. The van der Waals surface area contributed by atoms with Crippen LogP contribution in [0.1, 0.15) is 38.3 Å². The van der Waals surface area contributed by atoms with Crippen LogP contribution in [-0.2, 0) is 6.42 Å². The van der Waals surface area contributed by atoms with Gasteiger partial charge in [0.15, 0.2) is 11.6 Å². The Morgan fingerprint density at radius 1 is 1.25 bits per heavy atom. The first-order valence-corrected chi connectivity index (χ1v) is 6.09. The standard InChI is InChI=1S/C12H16FN3/c1-2-10-11(13)12(15-7-14-10)16-8-3-4-9(16)6-5-8/h7-9H,2-6H2,1H3. The summed E-state index contributed by atoms with van der Waals surface area (Å²) in [5.74, 6) is 0.334. The van der Waals surface area contributed by atoms with Gasteiger partial charge in [-0.2, -0.15) is 0 Å². The van der Waals surface area contributed by atoms with Crippen molar-refractivity contribution in [3.8, 4) is 0 Å². The van der Waals surface area contributed by atoms with Crippen molar-refractivity contribution in [1.82, 2.24) is 9.97 Å². The molecule has 2 saturated heterocycles. The number of aromatic nitrogens is 2. The summed E-state index contributed by atoms with van der Waals surface area (Å²) in [6.45, 7) is 1.92. The number of hydrogen-bond acceptors (Lipinski definition) is 3. The average Bonchev–Trinajstić information content (AvgIpc) is 2.89. The SMILES string of the molecule is CCc1ncnc(N2C3CCC2CC3)c1F. The van der Waals surface area contributed by atoms with E-state index in [9.17, 15) is 4.39 Å². The number of anilines is 1. The van der Waals surface area contributed by atoms with Crippen LogP contribution in [0.3, 0.4) is 0 Å². The highest BCUT2D eigenvalue weighted by Crippen LogP contribution is 2.41. The molecule has 3 nitrogen and oxygen atoms in total. The first-order valence-electron chi connectivity index (χ1n) is 6.09. The monoisotopic (exact) mass is 221 g/mol. The van der Waals surface area contributed by atoms with Crippen molar-refractivity contribution in [3.05, 3.63) is 17.8 Å². The van der Waals surface area contributed by atoms with Crippen molar-refractivity contribution in [1.29, 1.82) is 0 Å². The number of aryl methyl sites for hydroxylation is 1. The van der Waals surface area contributed by atoms with Gasteiger partial charge < -0.3 is 4.90 Å². The summed E-state index contributed by atoms with van der Waals surface area (Å²) >= 11 is 0. The fraction of sp³-hybridized carbons (Fsp3) is 0.667. The first kappa shape index (κ1) is 10.00. The van der Waals surface area contributed by atoms with Gasteiger partial charge in [0.2, 0.25) is 0 Å². The molecule has 1 aromatic rings. The molecule has 86 valence electrons. The lowest BCUT2D eigenvalue weighted by atomic mass is 10.0. The van der Waals surface area contributed by atoms with Gasteiger partial charge in [0.25, 0.3) is 0 Å². The molecule has 0 aliphatic carbocycles. The predicted molar refractivity (Wildman–Crippen MR) is 59.9 cm³/mol. The third-order valence-electron chi connectivity index (χ3n) is 3.88. The van der Waals surface area contributed by atoms with Crippen LogP contribution in [0.5, 0.6) is 0 Å². The number of rotatable bonds is 2. The maximum atomic E-state index is 14.1. The molecule has 2 aliphatic heterocycles. The van der Waals surface area contributed by atoms with Crippen molar-refractivity contribution >= 4 is 5.82 Å². The first-order chi connectivity index (χ1) is 7.81. The maximum Gasteiger partial charge on any atom is 0.187 e. The molecular weight excluding hydrogens is 205 g/mol. The van der Waals surface area contributed by atoms with Crippen LogP contribution in [0.2, 0.25) is 0 Å². The number of nitrogens with zero attached hydrogens (tertiary/aromatic N) is 3. The summed E-state index contributed by atoms with van der Waals surface area (Å²) in [5.41, 5.74) is 0.538. The molecule has 3 heterocycles. The Labute approximate surface area is 94.7 Å². The Hall–Kier alpha value is -1.19. The van der Waals surface area contributed by atoms with Crippen molar-refractivity contribution in [2.75, 3.05) is 4.90 Å². The minimum absolute atomic E-state index is 0.205. The van der Waals surface area contributed by atoms with Crippen LogP contribution in [-0.4, -0.2) is 22.1 Å². The highest BCUT2D eigenvalue weighted by atomic mass is 19.1. The quantitative estimate of drug-likeness (QED) is 0.767. The van der Waals surface area contributed by atoms with E-state index < -0.39 is 0 Å². The molecule has 16 heavy (non-hydrogen) atoms. The topological polar surface area (TPSA) is 29.0 Å². The zero-order valence-corrected chi connectivity index (χ0v) is 9.49. The average molecular weight is 221 g/mol. The largest absolute Gasteiger partial charge is 0.348 e. The van der Waals surface area contributed by atoms with Crippen LogP contribution in [0.25, 0.3) is 0 Å². The Balaban J connectivity index is 2.00. The minimum atomic E-state index is -0.205. The molecule has 0 unspecified atom stereocenters. The van der Waals surface area contributed by atoms with Crippen molar-refractivity contribution < 1.29 is 4.39 Å². The Morgan fingerprint density at radius 3 is 2.44 bits per heavy atom. The van der Waals surface area contributed by atoms with Gasteiger partial charge in [-0.1, -0.05) is 6.92 Å². The molecule has 3 rings (SSSR count). The summed E-state index contributed by atoms with van der Waals surface area (Å²) in [6.07, 6.45) is 6.88. The number of hydrogen-bond donors (Lipinski definition) is 0. The van der Waals surface area contributed by atoms with Gasteiger partial charge in [-0.25, -0.2) is 14.4 Å². The van der Waals surface area contributed by atoms with Gasteiger partial charge >= 0.3 is 0 Å². The highest BCUT2D eigenvalue weighted by molar-refractivity contribution is 5.46. The Morgan fingerprint density at radius 2 is 1.88 bits per heavy atom. The van der Waals surface area contributed by atoms with Crippen LogP contribution < -0.4 is 4.90 Å². The summed E-state index contributed by atoms with van der Waals surface area (Å²) < 4.78 is 14.1. The van der Waals surface area contributed by atoms with Crippen molar-refractivity contribution in [3.63, 3.8) is 0 Å². The molecule has 2 fully saturated rings. The van der Waals surface area contributed by atoms with Crippen molar-refractivity contribution in [2.24, 2.45) is 0 Å². The molecule has 0 amide bonds. The molecule has 4 heteroatoms. The molecule has 0 N–H and O–H groups in total. The molecule has 0 aromatic carbocycles. The fourth-order valence-electron chi connectivity index (χ4n) is 3.08. The van der Waals surface area contributed by atoms with Crippen LogP contribution in [0.4, 0.5) is 10.2 Å². The second kappa shape index (κ2) is 3.68. The van der Waals surface area contributed by atoms with Gasteiger partial charge in [-0.15, -0.1) is 0 Å². The van der Waals surface area contributed by atoms with E-state index in [0.717, 1.165) is 0 Å². The van der Waals surface area contributed by atoms with Crippen molar-refractivity contribution in [2.45, 2.75) is 51.1 Å². The van der Waals surface area contributed by atoms with E-state index in [-0.39, 0.29) is 5.82 Å². The van der Waals surface area contributed by atoms with E-state index >= 15 is 0 Å². The molecule has 0 saturated carbocycles. The lowest BCUT2D eigenvalue weighted by Crippen LogP contribution is -2.30. The van der Waals surface area contributed by atoms with Gasteiger partial charge in [-0.3, -0.25) is 0 Å². The van der Waals surface area contributed by atoms with Gasteiger partial charge in [0.05, 0.1) is 5.69 Å². The normalized spacial score (nSPS) is 27.8. The highest BCUT2D eigenvalue weighted by Gasteiger charge is 2.41. The van der Waals surface area contributed by atoms with E-state index in [2.05, 4.69) is 14.9 Å². The van der Waals surface area contributed by atoms with Crippen LogP contribution in [0.15, 0.2) is 6.33 Å². The third-order valence-corrected chi connectivity index (χ3v) is 3.88. The maximum absolute atomic E-state index is 14.1. The van der Waals surface area contributed by atoms with E-state index in [1.807, 2.05) is 6.92 Å². The molecule has 0 spiro atoms. The molecule has 2 aliphatic rings. The zero-order valence-electron chi connectivity index (χ0n) is 9.49. The van der Waals surface area contributed by atoms with Crippen LogP contribution >= 0.6 is 0 Å². The molecule has 0 radical (unpaired) electrons. The van der Waals surface area contributed by atoms with Gasteiger partial charge in [-0.05, 0) is 32.1 Å². The lowest BCUT2D eigenvalue weighted by Gasteiger charge is -2.23. The second-order valence-electron chi connectivity index (χ2n) is 4.68. The lowest BCUT2D eigenvalue weighted by molar-refractivity contribution is 0.576. The van der Waals surface area contributed by atoms with Crippen LogP contribution in [0, 0.1) is 5.82 Å². The fourth-order valence-corrected chi connectivity index (χ4v) is 3.08. The molecular formula is C12H16FN3. The van der Waals surface area contributed by atoms with E-state index in [1.54, 1.807) is 0 Å². The smallest absolute Gasteiger partial charge is 0.187 e. The summed E-state index contributed by atoms with van der Waals surface area (Å²) in [7, 11) is 0. The summed E-state index contributed by atoms with van der Waals surface area (Å²) in [4.78, 5) is 10.3. The van der Waals surface area contributed by atoms with E-state index in [4.69, 9.17) is 0 Å². The molecule has 2 bridgehead atoms. The van der Waals surface area contributed by atoms with E-state index in [0.29, 0.717) is 30.0 Å². The molecule has 0 atom stereocenters. The van der Waals surface area contributed by atoms with Gasteiger partial charge in [0.1, 0.15) is 6.33 Å². The zero-order chi connectivity index (χ0) is 11.1. The Bertz CT molecular complexity index is 387. The summed E-state index contributed by atoms with van der Waals surface area (Å²) in [5, 5.41) is 0. The minimum Gasteiger partial charge on any atom is -0.348 e. The van der Waals surface area contributed by atoms with E-state index in [1.165, 1.54) is 32.0 Å². The number of halogens is 1.